The zero-order valence-electron chi connectivity index (χ0n) is 35.8. The quantitative estimate of drug-likeness (QED) is 0.0538. The third kappa shape index (κ3) is 13.5. The maximum atomic E-state index is 11.6. The van der Waals surface area contributed by atoms with Gasteiger partial charge in [0.05, 0.1) is 18.6 Å². The van der Waals surface area contributed by atoms with E-state index in [1.54, 1.807) is 0 Å². The average molecular weight is 834 g/mol. The second-order valence-corrected chi connectivity index (χ2v) is 16.7. The van der Waals surface area contributed by atoms with E-state index in [-0.39, 0.29) is 39.8 Å². The van der Waals surface area contributed by atoms with Crippen molar-refractivity contribution < 1.29 is 40.6 Å². The van der Waals surface area contributed by atoms with Crippen molar-refractivity contribution in [2.75, 3.05) is 31.2 Å². The van der Waals surface area contributed by atoms with Crippen LogP contribution >= 0.6 is 0 Å². The van der Waals surface area contributed by atoms with Gasteiger partial charge in [-0.15, -0.1) is 0 Å². The summed E-state index contributed by atoms with van der Waals surface area (Å²) in [6, 6.07) is 18.0. The zero-order valence-corrected chi connectivity index (χ0v) is 37.4. The fraction of sp³-hybridized carbons (Fsp3) is 0.612. The summed E-state index contributed by atoms with van der Waals surface area (Å²) in [5.41, 5.74) is 8.17. The number of allylic oxidation sites excluding steroid dienone is 4. The summed E-state index contributed by atoms with van der Waals surface area (Å²) in [5, 5.41) is 0. The van der Waals surface area contributed by atoms with Crippen LogP contribution in [0.2, 0.25) is 0 Å². The summed E-state index contributed by atoms with van der Waals surface area (Å²) in [6.45, 7) is 16.3. The number of carbonyl (C=O) groups excluding carboxylic acids is 2. The number of carbonyl (C=O) groups is 2. The SMILES string of the molecule is CCOC(=O)CCCCCCCCCCN1C(=CC=CC2=[N+](CCCCCCCCCCC(=O)OCC)c3ccccc3C2(C)C)C(C)(C)c2ccccc21.[Br-]. The van der Waals surface area contributed by atoms with Gasteiger partial charge in [-0.1, -0.05) is 127 Å². The van der Waals surface area contributed by atoms with Crippen LogP contribution in [-0.2, 0) is 29.9 Å². The number of anilines is 1. The molecule has 2 aromatic carbocycles. The predicted octanol–water partition coefficient (Wildman–Crippen LogP) is 9.45. The maximum absolute atomic E-state index is 11.6. The molecule has 0 unspecified atom stereocenters. The molecular weight excluding hydrogens is 760 g/mol. The van der Waals surface area contributed by atoms with Crippen molar-refractivity contribution in [3.8, 4) is 0 Å². The van der Waals surface area contributed by atoms with Crippen LogP contribution in [0.25, 0.3) is 0 Å². The number of para-hydroxylation sites is 2. The third-order valence-electron chi connectivity index (χ3n) is 11.7. The minimum absolute atomic E-state index is 0. The lowest BCUT2D eigenvalue weighted by Crippen LogP contribution is -3.00. The Labute approximate surface area is 351 Å². The Morgan fingerprint density at radius 2 is 1.11 bits per heavy atom. The topological polar surface area (TPSA) is 58.8 Å². The lowest BCUT2D eigenvalue weighted by molar-refractivity contribution is -0.438. The summed E-state index contributed by atoms with van der Waals surface area (Å²) in [6.07, 6.45) is 27.1. The molecule has 0 aliphatic carbocycles. The number of benzene rings is 2. The number of nitrogens with zero attached hydrogens (tertiary/aromatic N) is 2. The van der Waals surface area contributed by atoms with E-state index in [1.807, 2.05) is 13.8 Å². The van der Waals surface area contributed by atoms with Crippen LogP contribution in [0.4, 0.5) is 11.4 Å². The molecule has 0 saturated heterocycles. The van der Waals surface area contributed by atoms with E-state index >= 15 is 0 Å². The van der Waals surface area contributed by atoms with Crippen LogP contribution in [-0.4, -0.2) is 48.5 Å². The molecule has 0 spiro atoms. The fourth-order valence-corrected chi connectivity index (χ4v) is 8.66. The Kier molecular flexibility index (Phi) is 20.7. The Morgan fingerprint density at radius 1 is 0.625 bits per heavy atom. The summed E-state index contributed by atoms with van der Waals surface area (Å²) in [7, 11) is 0. The Balaban J connectivity index is 0.00000841. The first-order valence-corrected chi connectivity index (χ1v) is 21.9. The molecule has 2 aliphatic heterocycles. The van der Waals surface area contributed by atoms with Crippen LogP contribution in [0.1, 0.15) is 168 Å². The number of hydrogen-bond donors (Lipinski definition) is 0. The lowest BCUT2D eigenvalue weighted by Gasteiger charge is -2.27. The van der Waals surface area contributed by atoms with Gasteiger partial charge in [0.1, 0.15) is 6.54 Å². The van der Waals surface area contributed by atoms with Gasteiger partial charge in [-0.3, -0.25) is 9.59 Å². The van der Waals surface area contributed by atoms with Crippen molar-refractivity contribution in [2.45, 2.75) is 168 Å². The van der Waals surface area contributed by atoms with Crippen molar-refractivity contribution in [3.63, 3.8) is 0 Å². The third-order valence-corrected chi connectivity index (χ3v) is 11.7. The van der Waals surface area contributed by atoms with E-state index in [2.05, 4.69) is 104 Å². The first-order valence-electron chi connectivity index (χ1n) is 21.9. The number of hydrogen-bond acceptors (Lipinski definition) is 5. The standard InChI is InChI=1S/C49H73N2O4.BrH/c1-7-54-46(52)36-21-17-13-9-11-15-19-27-38-50-42-32-25-23-30-40(42)48(3,4)44(50)34-29-35-45-49(5,6)41-31-24-26-33-43(41)51(45)39-28-20-16-12-10-14-18-22-37-47(53)55-8-2;/h23-26,29-35H,7-22,27-28,36-39H2,1-6H3;1H/q+1;/p-1. The molecule has 0 radical (unpaired) electrons. The van der Waals surface area contributed by atoms with E-state index < -0.39 is 0 Å². The molecule has 2 aromatic rings. The van der Waals surface area contributed by atoms with Gasteiger partial charge in [-0.05, 0) is 71.1 Å². The minimum Gasteiger partial charge on any atom is -1.00 e. The minimum atomic E-state index is -0.0656. The normalized spacial score (nSPS) is 16.0. The van der Waals surface area contributed by atoms with Crippen LogP contribution in [0.5, 0.6) is 0 Å². The zero-order chi connectivity index (χ0) is 39.5. The number of ether oxygens (including phenoxy) is 2. The number of halogens is 1. The number of esters is 2. The molecule has 310 valence electrons. The van der Waals surface area contributed by atoms with Crippen molar-refractivity contribution in [1.82, 2.24) is 0 Å². The molecule has 56 heavy (non-hydrogen) atoms. The Morgan fingerprint density at radius 3 is 1.68 bits per heavy atom. The first-order chi connectivity index (χ1) is 26.6. The first kappa shape index (κ1) is 47.2. The molecule has 2 aliphatic rings. The van der Waals surface area contributed by atoms with Gasteiger partial charge < -0.3 is 31.4 Å². The highest BCUT2D eigenvalue weighted by atomic mass is 79.9. The predicted molar refractivity (Wildman–Crippen MR) is 230 cm³/mol. The van der Waals surface area contributed by atoms with Gasteiger partial charge in [0.2, 0.25) is 5.69 Å². The molecule has 6 nitrogen and oxygen atoms in total. The Hall–Kier alpha value is -3.19. The molecule has 0 atom stereocenters. The van der Waals surface area contributed by atoms with Crippen LogP contribution in [0.3, 0.4) is 0 Å². The molecule has 4 rings (SSSR count). The van der Waals surface area contributed by atoms with Gasteiger partial charge in [0, 0.05) is 60.3 Å². The smallest absolute Gasteiger partial charge is 0.305 e. The van der Waals surface area contributed by atoms with Gasteiger partial charge in [0.15, 0.2) is 5.71 Å². The second kappa shape index (κ2) is 24.6. The molecule has 0 N–H and O–H groups in total. The second-order valence-electron chi connectivity index (χ2n) is 16.7. The summed E-state index contributed by atoms with van der Waals surface area (Å²) in [5.74, 6) is -0.115. The molecule has 0 fully saturated rings. The largest absolute Gasteiger partial charge is 1.00 e. The molecule has 2 heterocycles. The summed E-state index contributed by atoms with van der Waals surface area (Å²) in [4.78, 5) is 25.7. The number of unbranched alkanes of at least 4 members (excludes halogenated alkanes) is 14. The van der Waals surface area contributed by atoms with Gasteiger partial charge >= 0.3 is 11.9 Å². The van der Waals surface area contributed by atoms with Crippen LogP contribution < -0.4 is 21.9 Å². The van der Waals surface area contributed by atoms with Crippen LogP contribution in [0.15, 0.2) is 72.5 Å². The van der Waals surface area contributed by atoms with Gasteiger partial charge in [-0.25, -0.2) is 0 Å². The summed E-state index contributed by atoms with van der Waals surface area (Å²) >= 11 is 0. The van der Waals surface area contributed by atoms with E-state index in [0.29, 0.717) is 26.1 Å². The molecule has 0 aromatic heterocycles. The monoisotopic (exact) mass is 832 g/mol. The van der Waals surface area contributed by atoms with E-state index in [9.17, 15) is 9.59 Å². The average Bonchev–Trinajstić information content (AvgIpc) is 3.51. The molecule has 0 bridgehead atoms. The fourth-order valence-electron chi connectivity index (χ4n) is 8.66. The lowest BCUT2D eigenvalue weighted by atomic mass is 9.81. The number of rotatable bonds is 26. The van der Waals surface area contributed by atoms with Crippen molar-refractivity contribution in [2.24, 2.45) is 0 Å². The highest BCUT2D eigenvalue weighted by Gasteiger charge is 2.44. The molecular formula is C49H73BrN2O4. The highest BCUT2D eigenvalue weighted by Crippen LogP contribution is 2.48. The Bertz CT molecular complexity index is 1610. The van der Waals surface area contributed by atoms with Crippen molar-refractivity contribution >= 4 is 29.0 Å². The number of fused-ring (bicyclic) bond motifs is 2. The van der Waals surface area contributed by atoms with E-state index in [1.165, 1.54) is 111 Å². The van der Waals surface area contributed by atoms with Crippen LogP contribution in [0, 0.1) is 0 Å². The van der Waals surface area contributed by atoms with E-state index in [4.69, 9.17) is 9.47 Å². The van der Waals surface area contributed by atoms with Gasteiger partial charge in [0.25, 0.3) is 0 Å². The van der Waals surface area contributed by atoms with Crippen molar-refractivity contribution in [1.29, 1.82) is 0 Å². The van der Waals surface area contributed by atoms with Crippen molar-refractivity contribution in [3.05, 3.63) is 83.6 Å². The van der Waals surface area contributed by atoms with Gasteiger partial charge in [-0.2, -0.15) is 4.58 Å². The molecule has 7 heteroatoms. The molecule has 0 saturated carbocycles. The molecule has 0 amide bonds. The van der Waals surface area contributed by atoms with E-state index in [0.717, 1.165) is 38.8 Å². The highest BCUT2D eigenvalue weighted by molar-refractivity contribution is 6.03. The maximum Gasteiger partial charge on any atom is 0.305 e. The summed E-state index contributed by atoms with van der Waals surface area (Å²) < 4.78 is 12.7.